The van der Waals surface area contributed by atoms with Crippen molar-refractivity contribution in [3.05, 3.63) is 0 Å². The normalized spacial score (nSPS) is 26.3. The van der Waals surface area contributed by atoms with Gasteiger partial charge in [-0.05, 0) is 12.8 Å². The van der Waals surface area contributed by atoms with Crippen LogP contribution >= 0.6 is 0 Å². The zero-order valence-corrected chi connectivity index (χ0v) is 5.58. The molecule has 1 fully saturated rings. The molecule has 1 atom stereocenters. The van der Waals surface area contributed by atoms with E-state index in [1.54, 1.807) is 6.19 Å². The van der Waals surface area contributed by atoms with E-state index in [0.717, 1.165) is 19.4 Å². The SMILES string of the molecule is N#CN=C(N)C1CCCO1. The van der Waals surface area contributed by atoms with E-state index in [9.17, 15) is 0 Å². The van der Waals surface area contributed by atoms with Gasteiger partial charge in [0.15, 0.2) is 0 Å². The van der Waals surface area contributed by atoms with E-state index in [1.165, 1.54) is 0 Å². The Morgan fingerprint density at radius 2 is 2.60 bits per heavy atom. The summed E-state index contributed by atoms with van der Waals surface area (Å²) in [5, 5.41) is 8.12. The van der Waals surface area contributed by atoms with Crippen LogP contribution in [0.25, 0.3) is 0 Å². The lowest BCUT2D eigenvalue weighted by atomic mass is 10.2. The van der Waals surface area contributed by atoms with Crippen LogP contribution in [-0.2, 0) is 4.74 Å². The first-order valence-corrected chi connectivity index (χ1v) is 3.18. The van der Waals surface area contributed by atoms with Crippen LogP contribution in [0.4, 0.5) is 0 Å². The number of nitrogens with two attached hydrogens (primary N) is 1. The molecule has 0 aliphatic carbocycles. The highest BCUT2D eigenvalue weighted by molar-refractivity contribution is 5.85. The minimum absolute atomic E-state index is 0.111. The molecule has 1 rings (SSSR count). The van der Waals surface area contributed by atoms with Gasteiger partial charge in [-0.1, -0.05) is 0 Å². The number of ether oxygens (including phenoxy) is 1. The Labute approximate surface area is 59.3 Å². The highest BCUT2D eigenvalue weighted by atomic mass is 16.5. The van der Waals surface area contributed by atoms with Crippen molar-refractivity contribution < 1.29 is 4.74 Å². The van der Waals surface area contributed by atoms with Gasteiger partial charge in [0.25, 0.3) is 0 Å². The van der Waals surface area contributed by atoms with Gasteiger partial charge in [-0.3, -0.25) is 0 Å². The third-order valence-electron chi connectivity index (χ3n) is 1.44. The summed E-state index contributed by atoms with van der Waals surface area (Å²) in [4.78, 5) is 3.38. The zero-order valence-electron chi connectivity index (χ0n) is 5.58. The number of aliphatic imine (C=N–C) groups is 1. The summed E-state index contributed by atoms with van der Waals surface area (Å²) >= 11 is 0. The molecule has 0 radical (unpaired) electrons. The summed E-state index contributed by atoms with van der Waals surface area (Å²) < 4.78 is 5.16. The minimum Gasteiger partial charge on any atom is -0.384 e. The second kappa shape index (κ2) is 3.18. The van der Waals surface area contributed by atoms with Crippen molar-refractivity contribution in [2.45, 2.75) is 18.9 Å². The Balaban J connectivity index is 2.49. The fourth-order valence-corrected chi connectivity index (χ4v) is 0.941. The third-order valence-corrected chi connectivity index (χ3v) is 1.44. The molecular weight excluding hydrogens is 130 g/mol. The number of rotatable bonds is 1. The van der Waals surface area contributed by atoms with Crippen molar-refractivity contribution >= 4 is 5.84 Å². The Morgan fingerprint density at radius 1 is 1.80 bits per heavy atom. The summed E-state index contributed by atoms with van der Waals surface area (Å²) in [6.45, 7) is 0.728. The molecule has 54 valence electrons. The molecule has 0 spiro atoms. The predicted octanol–water partition coefficient (Wildman–Crippen LogP) is 0.00368. The molecular formula is C6H9N3O. The summed E-state index contributed by atoms with van der Waals surface area (Å²) in [6.07, 6.45) is 3.41. The highest BCUT2D eigenvalue weighted by Gasteiger charge is 2.18. The molecule has 1 unspecified atom stereocenters. The Kier molecular flexibility index (Phi) is 2.24. The molecule has 1 aliphatic rings. The fourth-order valence-electron chi connectivity index (χ4n) is 0.941. The summed E-state index contributed by atoms with van der Waals surface area (Å²) in [5.74, 6) is 0.306. The molecule has 0 aromatic carbocycles. The first-order valence-electron chi connectivity index (χ1n) is 3.18. The van der Waals surface area contributed by atoms with Gasteiger partial charge in [-0.25, -0.2) is 0 Å². The lowest BCUT2D eigenvalue weighted by molar-refractivity contribution is 0.157. The molecule has 0 bridgehead atoms. The quantitative estimate of drug-likeness (QED) is 0.316. The van der Waals surface area contributed by atoms with Gasteiger partial charge in [0, 0.05) is 6.61 Å². The van der Waals surface area contributed by atoms with Crippen LogP contribution in [0.1, 0.15) is 12.8 Å². The van der Waals surface area contributed by atoms with Crippen LogP contribution < -0.4 is 5.73 Å². The van der Waals surface area contributed by atoms with Crippen molar-refractivity contribution in [3.8, 4) is 6.19 Å². The molecule has 1 aliphatic heterocycles. The van der Waals surface area contributed by atoms with Gasteiger partial charge >= 0.3 is 0 Å². The highest BCUT2D eigenvalue weighted by Crippen LogP contribution is 2.11. The van der Waals surface area contributed by atoms with E-state index in [4.69, 9.17) is 15.7 Å². The molecule has 0 aromatic heterocycles. The molecule has 2 N–H and O–H groups in total. The second-order valence-corrected chi connectivity index (χ2v) is 2.14. The largest absolute Gasteiger partial charge is 0.384 e. The van der Waals surface area contributed by atoms with Crippen molar-refractivity contribution in [1.82, 2.24) is 0 Å². The molecule has 0 amide bonds. The first kappa shape index (κ1) is 7.03. The van der Waals surface area contributed by atoms with E-state index in [1.807, 2.05) is 0 Å². The Bertz CT molecular complexity index is 176. The number of nitrogens with zero attached hydrogens (tertiary/aromatic N) is 2. The summed E-state index contributed by atoms with van der Waals surface area (Å²) in [5.41, 5.74) is 5.39. The smallest absolute Gasteiger partial charge is 0.207 e. The van der Waals surface area contributed by atoms with E-state index in [0.29, 0.717) is 5.84 Å². The minimum atomic E-state index is -0.111. The Morgan fingerprint density at radius 3 is 3.10 bits per heavy atom. The van der Waals surface area contributed by atoms with E-state index in [2.05, 4.69) is 4.99 Å². The van der Waals surface area contributed by atoms with Crippen molar-refractivity contribution in [2.75, 3.05) is 6.61 Å². The average molecular weight is 139 g/mol. The first-order chi connectivity index (χ1) is 4.84. The molecule has 0 saturated carbocycles. The van der Waals surface area contributed by atoms with Crippen LogP contribution in [-0.4, -0.2) is 18.5 Å². The molecule has 4 heteroatoms. The van der Waals surface area contributed by atoms with Crippen molar-refractivity contribution in [3.63, 3.8) is 0 Å². The third kappa shape index (κ3) is 1.45. The molecule has 1 saturated heterocycles. The van der Waals surface area contributed by atoms with Gasteiger partial charge in [0.05, 0.1) is 0 Å². The fraction of sp³-hybridized carbons (Fsp3) is 0.667. The topological polar surface area (TPSA) is 71.4 Å². The van der Waals surface area contributed by atoms with Gasteiger partial charge in [0.2, 0.25) is 6.19 Å². The maximum atomic E-state index is 8.12. The average Bonchev–Trinajstić information content (AvgIpc) is 2.38. The zero-order chi connectivity index (χ0) is 7.40. The molecule has 4 nitrogen and oxygen atoms in total. The number of nitriles is 1. The van der Waals surface area contributed by atoms with Gasteiger partial charge in [-0.2, -0.15) is 10.3 Å². The lowest BCUT2D eigenvalue weighted by Gasteiger charge is -2.04. The van der Waals surface area contributed by atoms with Crippen LogP contribution in [0.2, 0.25) is 0 Å². The molecule has 10 heavy (non-hydrogen) atoms. The van der Waals surface area contributed by atoms with E-state index < -0.39 is 0 Å². The molecule has 0 aromatic rings. The number of amidine groups is 1. The number of hydrogen-bond donors (Lipinski definition) is 1. The standard InChI is InChI=1S/C6H9N3O/c7-4-9-6(8)5-2-1-3-10-5/h5H,1-3H2,(H2,8,9). The summed E-state index contributed by atoms with van der Waals surface area (Å²) in [7, 11) is 0. The Hall–Kier alpha value is -1.08. The van der Waals surface area contributed by atoms with E-state index in [-0.39, 0.29) is 6.10 Å². The van der Waals surface area contributed by atoms with Crippen LogP contribution in [0.5, 0.6) is 0 Å². The summed E-state index contributed by atoms with van der Waals surface area (Å²) in [6, 6.07) is 0. The van der Waals surface area contributed by atoms with Gasteiger partial charge in [-0.15, -0.1) is 0 Å². The van der Waals surface area contributed by atoms with Crippen LogP contribution in [0.15, 0.2) is 4.99 Å². The van der Waals surface area contributed by atoms with Gasteiger partial charge in [0.1, 0.15) is 11.9 Å². The van der Waals surface area contributed by atoms with Crippen LogP contribution in [0.3, 0.4) is 0 Å². The maximum Gasteiger partial charge on any atom is 0.207 e. The number of hydrogen-bond acceptors (Lipinski definition) is 3. The second-order valence-electron chi connectivity index (χ2n) is 2.14. The van der Waals surface area contributed by atoms with Crippen molar-refractivity contribution in [2.24, 2.45) is 10.7 Å². The van der Waals surface area contributed by atoms with Gasteiger partial charge < -0.3 is 10.5 Å². The van der Waals surface area contributed by atoms with Crippen molar-refractivity contribution in [1.29, 1.82) is 5.26 Å². The lowest BCUT2D eigenvalue weighted by Crippen LogP contribution is -2.27. The molecule has 1 heterocycles. The van der Waals surface area contributed by atoms with Crippen LogP contribution in [0, 0.1) is 11.5 Å². The maximum absolute atomic E-state index is 8.12. The van der Waals surface area contributed by atoms with E-state index >= 15 is 0 Å². The monoisotopic (exact) mass is 139 g/mol. The predicted molar refractivity (Wildman–Crippen MR) is 36.2 cm³/mol.